The van der Waals surface area contributed by atoms with Crippen molar-refractivity contribution in [3.63, 3.8) is 0 Å². The van der Waals surface area contributed by atoms with E-state index in [1.165, 1.54) is 57.8 Å². The number of ether oxygens (including phenoxy) is 1. The molecule has 0 aliphatic heterocycles. The van der Waals surface area contributed by atoms with Gasteiger partial charge in [-0.15, -0.1) is 0 Å². The SMILES string of the molecule is CCOC(C(=O)C1CCCCCC1)C1CCCCC1. The third-order valence-corrected chi connectivity index (χ3v) is 4.96. The van der Waals surface area contributed by atoms with Crippen LogP contribution in [0.3, 0.4) is 0 Å². The molecule has 0 aromatic carbocycles. The van der Waals surface area contributed by atoms with E-state index in [1.807, 2.05) is 6.92 Å². The molecule has 0 radical (unpaired) electrons. The van der Waals surface area contributed by atoms with E-state index in [4.69, 9.17) is 4.74 Å². The summed E-state index contributed by atoms with van der Waals surface area (Å²) in [6.07, 6.45) is 13.5. The Bertz CT molecular complexity index is 260. The molecule has 2 heteroatoms. The molecular weight excluding hydrogens is 236 g/mol. The molecule has 19 heavy (non-hydrogen) atoms. The molecule has 1 unspecified atom stereocenters. The minimum absolute atomic E-state index is 0.0894. The van der Waals surface area contributed by atoms with Gasteiger partial charge in [0, 0.05) is 12.5 Å². The molecule has 2 fully saturated rings. The first kappa shape index (κ1) is 15.0. The average Bonchev–Trinajstić information content (AvgIpc) is 2.74. The Morgan fingerprint density at radius 3 is 2.05 bits per heavy atom. The van der Waals surface area contributed by atoms with Crippen molar-refractivity contribution in [1.29, 1.82) is 0 Å². The largest absolute Gasteiger partial charge is 0.370 e. The van der Waals surface area contributed by atoms with E-state index in [-0.39, 0.29) is 6.10 Å². The Morgan fingerprint density at radius 2 is 1.47 bits per heavy atom. The number of ketones is 1. The third-order valence-electron chi connectivity index (χ3n) is 4.96. The maximum absolute atomic E-state index is 12.8. The van der Waals surface area contributed by atoms with E-state index >= 15 is 0 Å². The van der Waals surface area contributed by atoms with Gasteiger partial charge in [0.1, 0.15) is 6.10 Å². The van der Waals surface area contributed by atoms with E-state index in [2.05, 4.69) is 0 Å². The van der Waals surface area contributed by atoms with E-state index < -0.39 is 0 Å². The molecule has 2 nitrogen and oxygen atoms in total. The van der Waals surface area contributed by atoms with Crippen LogP contribution in [0.5, 0.6) is 0 Å². The lowest BCUT2D eigenvalue weighted by Gasteiger charge is -2.31. The van der Waals surface area contributed by atoms with Crippen LogP contribution in [-0.4, -0.2) is 18.5 Å². The van der Waals surface area contributed by atoms with E-state index in [0.717, 1.165) is 12.8 Å². The Morgan fingerprint density at radius 1 is 0.947 bits per heavy atom. The van der Waals surface area contributed by atoms with Crippen LogP contribution in [0.25, 0.3) is 0 Å². The Balaban J connectivity index is 1.97. The smallest absolute Gasteiger partial charge is 0.164 e. The van der Waals surface area contributed by atoms with Crippen molar-refractivity contribution in [1.82, 2.24) is 0 Å². The van der Waals surface area contributed by atoms with Gasteiger partial charge in [0.15, 0.2) is 5.78 Å². The van der Waals surface area contributed by atoms with Crippen LogP contribution in [0.2, 0.25) is 0 Å². The first-order chi connectivity index (χ1) is 9.33. The Hall–Kier alpha value is -0.370. The van der Waals surface area contributed by atoms with Gasteiger partial charge < -0.3 is 4.74 Å². The fourth-order valence-electron chi connectivity index (χ4n) is 3.86. The van der Waals surface area contributed by atoms with Crippen LogP contribution in [0, 0.1) is 11.8 Å². The highest BCUT2D eigenvalue weighted by Gasteiger charge is 2.34. The van der Waals surface area contributed by atoms with Crippen molar-refractivity contribution >= 4 is 5.78 Å². The topological polar surface area (TPSA) is 26.3 Å². The van der Waals surface area contributed by atoms with Crippen molar-refractivity contribution in [3.05, 3.63) is 0 Å². The lowest BCUT2D eigenvalue weighted by Crippen LogP contribution is -2.38. The summed E-state index contributed by atoms with van der Waals surface area (Å²) in [7, 11) is 0. The predicted octanol–water partition coefficient (Wildman–Crippen LogP) is 4.51. The zero-order chi connectivity index (χ0) is 13.5. The van der Waals surface area contributed by atoms with Crippen molar-refractivity contribution in [2.45, 2.75) is 83.7 Å². The van der Waals surface area contributed by atoms with Gasteiger partial charge in [-0.05, 0) is 38.5 Å². The number of Topliss-reactive ketones (excluding diaryl/α,β-unsaturated/α-hetero) is 1. The molecule has 0 aromatic rings. The normalized spacial score (nSPS) is 24.9. The van der Waals surface area contributed by atoms with Gasteiger partial charge in [0.25, 0.3) is 0 Å². The van der Waals surface area contributed by atoms with E-state index in [9.17, 15) is 4.79 Å². The van der Waals surface area contributed by atoms with Crippen molar-refractivity contribution in [2.24, 2.45) is 11.8 Å². The minimum atomic E-state index is -0.0894. The summed E-state index contributed by atoms with van der Waals surface area (Å²) >= 11 is 0. The lowest BCUT2D eigenvalue weighted by molar-refractivity contribution is -0.139. The zero-order valence-corrected chi connectivity index (χ0v) is 12.5. The second-order valence-corrected chi connectivity index (χ2v) is 6.36. The van der Waals surface area contributed by atoms with E-state index in [1.54, 1.807) is 0 Å². The van der Waals surface area contributed by atoms with Gasteiger partial charge in [-0.1, -0.05) is 44.9 Å². The summed E-state index contributed by atoms with van der Waals surface area (Å²) in [4.78, 5) is 12.8. The summed E-state index contributed by atoms with van der Waals surface area (Å²) in [6.45, 7) is 2.70. The standard InChI is InChI=1S/C17H30O2/c1-2-19-17(15-12-8-5-9-13-15)16(18)14-10-6-3-4-7-11-14/h14-15,17H,2-13H2,1H3. The number of rotatable bonds is 5. The minimum Gasteiger partial charge on any atom is -0.370 e. The Kier molecular flexibility index (Phi) is 6.36. The molecule has 0 saturated heterocycles. The van der Waals surface area contributed by atoms with Crippen LogP contribution in [0.4, 0.5) is 0 Å². The summed E-state index contributed by atoms with van der Waals surface area (Å²) in [5.41, 5.74) is 0. The second-order valence-electron chi connectivity index (χ2n) is 6.36. The number of carbonyl (C=O) groups excluding carboxylic acids is 1. The first-order valence-electron chi connectivity index (χ1n) is 8.48. The highest BCUT2D eigenvalue weighted by molar-refractivity contribution is 5.85. The molecule has 0 spiro atoms. The fraction of sp³-hybridized carbons (Fsp3) is 0.941. The van der Waals surface area contributed by atoms with Crippen LogP contribution < -0.4 is 0 Å². The molecule has 2 aliphatic carbocycles. The molecule has 2 rings (SSSR count). The molecule has 0 N–H and O–H groups in total. The van der Waals surface area contributed by atoms with Gasteiger partial charge in [0.2, 0.25) is 0 Å². The van der Waals surface area contributed by atoms with Gasteiger partial charge in [-0.2, -0.15) is 0 Å². The van der Waals surface area contributed by atoms with Crippen LogP contribution in [0.1, 0.15) is 77.6 Å². The third kappa shape index (κ3) is 4.30. The van der Waals surface area contributed by atoms with E-state index in [0.29, 0.717) is 24.2 Å². The van der Waals surface area contributed by atoms with Gasteiger partial charge in [-0.3, -0.25) is 4.79 Å². The predicted molar refractivity (Wildman–Crippen MR) is 78.2 cm³/mol. The zero-order valence-electron chi connectivity index (χ0n) is 12.5. The van der Waals surface area contributed by atoms with Crippen molar-refractivity contribution < 1.29 is 9.53 Å². The molecule has 0 heterocycles. The first-order valence-corrected chi connectivity index (χ1v) is 8.48. The second kappa shape index (κ2) is 8.04. The average molecular weight is 266 g/mol. The summed E-state index contributed by atoms with van der Waals surface area (Å²) < 4.78 is 5.89. The van der Waals surface area contributed by atoms with Crippen LogP contribution in [0.15, 0.2) is 0 Å². The van der Waals surface area contributed by atoms with Crippen LogP contribution >= 0.6 is 0 Å². The maximum atomic E-state index is 12.8. The maximum Gasteiger partial charge on any atom is 0.164 e. The number of hydrogen-bond acceptors (Lipinski definition) is 2. The monoisotopic (exact) mass is 266 g/mol. The molecule has 0 bridgehead atoms. The van der Waals surface area contributed by atoms with Crippen LogP contribution in [-0.2, 0) is 9.53 Å². The van der Waals surface area contributed by atoms with Gasteiger partial charge in [0.05, 0.1) is 0 Å². The summed E-state index contributed by atoms with van der Waals surface area (Å²) in [5.74, 6) is 1.24. The quantitative estimate of drug-likeness (QED) is 0.684. The fourth-order valence-corrected chi connectivity index (χ4v) is 3.86. The molecular formula is C17H30O2. The molecule has 0 aromatic heterocycles. The highest BCUT2D eigenvalue weighted by Crippen LogP contribution is 2.32. The lowest BCUT2D eigenvalue weighted by atomic mass is 9.80. The highest BCUT2D eigenvalue weighted by atomic mass is 16.5. The molecule has 110 valence electrons. The number of hydrogen-bond donors (Lipinski definition) is 0. The summed E-state index contributed by atoms with van der Waals surface area (Å²) in [5, 5.41) is 0. The molecule has 2 saturated carbocycles. The Labute approximate surface area is 118 Å². The van der Waals surface area contributed by atoms with Gasteiger partial charge >= 0.3 is 0 Å². The summed E-state index contributed by atoms with van der Waals surface area (Å²) in [6, 6.07) is 0. The molecule has 1 atom stereocenters. The molecule has 0 amide bonds. The van der Waals surface area contributed by atoms with Crippen molar-refractivity contribution in [2.75, 3.05) is 6.61 Å². The molecule has 2 aliphatic rings. The number of carbonyl (C=O) groups is 1. The van der Waals surface area contributed by atoms with Crippen molar-refractivity contribution in [3.8, 4) is 0 Å². The van der Waals surface area contributed by atoms with Gasteiger partial charge in [-0.25, -0.2) is 0 Å².